The van der Waals surface area contributed by atoms with Gasteiger partial charge < -0.3 is 20.5 Å². The van der Waals surface area contributed by atoms with E-state index in [9.17, 15) is 9.90 Å². The zero-order valence-electron chi connectivity index (χ0n) is 18.1. The molecule has 0 aliphatic rings. The highest BCUT2D eigenvalue weighted by Gasteiger charge is 2.16. The zero-order chi connectivity index (χ0) is 22.5. The average Bonchev–Trinajstić information content (AvgIpc) is 2.82. The van der Waals surface area contributed by atoms with Crippen LogP contribution in [0.3, 0.4) is 0 Å². The van der Waals surface area contributed by atoms with E-state index in [1.54, 1.807) is 24.3 Å². The van der Waals surface area contributed by atoms with E-state index < -0.39 is 12.3 Å². The van der Waals surface area contributed by atoms with Crippen molar-refractivity contribution in [2.24, 2.45) is 0 Å². The van der Waals surface area contributed by atoms with Gasteiger partial charge in [-0.25, -0.2) is 9.78 Å². The Morgan fingerprint density at radius 3 is 2.66 bits per heavy atom. The lowest BCUT2D eigenvalue weighted by atomic mass is 10.1. The van der Waals surface area contributed by atoms with E-state index in [1.165, 1.54) is 0 Å². The summed E-state index contributed by atoms with van der Waals surface area (Å²) in [6, 6.07) is 20.8. The molecule has 0 aliphatic heterocycles. The minimum atomic E-state index is -1.00. The minimum absolute atomic E-state index is 0.354. The van der Waals surface area contributed by atoms with Crippen LogP contribution in [0.15, 0.2) is 66.7 Å². The second-order valence-electron chi connectivity index (χ2n) is 7.39. The molecule has 0 saturated carbocycles. The van der Waals surface area contributed by atoms with Crippen LogP contribution in [0, 0.1) is 0 Å². The molecule has 7 heteroatoms. The first-order valence-electron chi connectivity index (χ1n) is 10.6. The molecule has 4 rings (SSSR count). The number of aromatic nitrogens is 1. The molecule has 164 valence electrons. The molecule has 0 saturated heterocycles. The van der Waals surface area contributed by atoms with E-state index in [-0.39, 0.29) is 0 Å². The maximum Gasteiger partial charge on any atom is 0.411 e. The number of nitrogens with zero attached hydrogens (tertiary/aromatic N) is 1. The van der Waals surface area contributed by atoms with Gasteiger partial charge in [0.15, 0.2) is 6.23 Å². The number of carbonyl (C=O) groups excluding carboxylic acids is 1. The number of carbonyl (C=O) groups is 1. The molecule has 7 nitrogen and oxygen atoms in total. The Hall–Kier alpha value is -3.84. The molecular formula is C25H26N4O3. The van der Waals surface area contributed by atoms with Crippen LogP contribution in [-0.2, 0) is 4.74 Å². The molecule has 1 amide bonds. The van der Waals surface area contributed by atoms with Crippen molar-refractivity contribution >= 4 is 45.0 Å². The number of pyridine rings is 1. The van der Waals surface area contributed by atoms with E-state index in [0.29, 0.717) is 17.9 Å². The van der Waals surface area contributed by atoms with Crippen LogP contribution in [-0.4, -0.2) is 29.8 Å². The highest BCUT2D eigenvalue weighted by atomic mass is 16.5. The SMILES string of the molecule is CCCOC(=O)Nc1cccc(C(O)Nc2c3ccccc3nc3c(NC)cccc23)c1. The molecule has 0 bridgehead atoms. The Labute approximate surface area is 186 Å². The van der Waals surface area contributed by atoms with Gasteiger partial charge in [0.05, 0.1) is 29.0 Å². The van der Waals surface area contributed by atoms with E-state index >= 15 is 0 Å². The first kappa shape index (κ1) is 21.4. The van der Waals surface area contributed by atoms with Gasteiger partial charge in [-0.05, 0) is 30.7 Å². The standard InChI is InChI=1S/C25H26N4O3/c1-3-14-32-25(31)27-17-9-6-8-16(15-17)24(30)29-22-18-10-4-5-12-20(18)28-23-19(22)11-7-13-21(23)26-2/h4-13,15,24,26,30H,3,14H2,1-2H3,(H,27,31)(H,28,29). The number of para-hydroxylation sites is 2. The summed E-state index contributed by atoms with van der Waals surface area (Å²) in [5, 5.41) is 22.0. The van der Waals surface area contributed by atoms with Crippen LogP contribution in [0.1, 0.15) is 25.1 Å². The number of ether oxygens (including phenoxy) is 1. The first-order valence-corrected chi connectivity index (χ1v) is 10.6. The first-order chi connectivity index (χ1) is 15.6. The van der Waals surface area contributed by atoms with Crippen molar-refractivity contribution in [1.82, 2.24) is 4.98 Å². The third-order valence-electron chi connectivity index (χ3n) is 5.15. The fourth-order valence-electron chi connectivity index (χ4n) is 3.63. The van der Waals surface area contributed by atoms with Gasteiger partial charge in [-0.15, -0.1) is 0 Å². The summed E-state index contributed by atoms with van der Waals surface area (Å²) in [7, 11) is 1.86. The van der Waals surface area contributed by atoms with Crippen LogP contribution < -0.4 is 16.0 Å². The van der Waals surface area contributed by atoms with Gasteiger partial charge in [-0.2, -0.15) is 0 Å². The molecule has 1 aromatic heterocycles. The molecule has 1 unspecified atom stereocenters. The summed E-state index contributed by atoms with van der Waals surface area (Å²) in [4.78, 5) is 16.7. The lowest BCUT2D eigenvalue weighted by Crippen LogP contribution is -2.15. The fourth-order valence-corrected chi connectivity index (χ4v) is 3.63. The van der Waals surface area contributed by atoms with E-state index in [4.69, 9.17) is 9.72 Å². The van der Waals surface area contributed by atoms with Crippen molar-refractivity contribution in [3.63, 3.8) is 0 Å². The topological polar surface area (TPSA) is 95.5 Å². The molecule has 1 atom stereocenters. The van der Waals surface area contributed by atoms with E-state index in [2.05, 4.69) is 16.0 Å². The highest BCUT2D eigenvalue weighted by molar-refractivity contribution is 6.10. The molecule has 1 heterocycles. The van der Waals surface area contributed by atoms with Gasteiger partial charge in [-0.3, -0.25) is 5.32 Å². The van der Waals surface area contributed by atoms with Crippen molar-refractivity contribution in [1.29, 1.82) is 0 Å². The summed E-state index contributed by atoms with van der Waals surface area (Å²) >= 11 is 0. The van der Waals surface area contributed by atoms with Crippen LogP contribution in [0.4, 0.5) is 21.9 Å². The number of anilines is 3. The predicted octanol–water partition coefficient (Wildman–Crippen LogP) is 5.49. The molecule has 0 radical (unpaired) electrons. The smallest absolute Gasteiger partial charge is 0.411 e. The lowest BCUT2D eigenvalue weighted by molar-refractivity contribution is 0.161. The van der Waals surface area contributed by atoms with Crippen LogP contribution in [0.2, 0.25) is 0 Å². The predicted molar refractivity (Wildman–Crippen MR) is 129 cm³/mol. The maximum absolute atomic E-state index is 11.9. The van der Waals surface area contributed by atoms with Crippen molar-refractivity contribution in [3.8, 4) is 0 Å². The largest absolute Gasteiger partial charge is 0.449 e. The molecule has 3 aromatic carbocycles. The summed E-state index contributed by atoms with van der Waals surface area (Å²) in [5.74, 6) is 0. The molecule has 4 aromatic rings. The normalized spacial score (nSPS) is 11.8. The Bertz CT molecular complexity index is 1260. The number of fused-ring (bicyclic) bond motifs is 2. The lowest BCUT2D eigenvalue weighted by Gasteiger charge is -2.19. The fraction of sp³-hybridized carbons (Fsp3) is 0.200. The zero-order valence-corrected chi connectivity index (χ0v) is 18.1. The number of amides is 1. The van der Waals surface area contributed by atoms with Gasteiger partial charge in [-0.1, -0.05) is 49.4 Å². The van der Waals surface area contributed by atoms with Crippen molar-refractivity contribution < 1.29 is 14.6 Å². The number of aliphatic hydroxyl groups is 1. The molecule has 0 fully saturated rings. The molecule has 0 aliphatic carbocycles. The maximum atomic E-state index is 11.9. The number of rotatable bonds is 7. The quantitative estimate of drug-likeness (QED) is 0.229. The summed E-state index contributed by atoms with van der Waals surface area (Å²) in [6.07, 6.45) is -0.771. The van der Waals surface area contributed by atoms with Gasteiger partial charge in [0.25, 0.3) is 0 Å². The van der Waals surface area contributed by atoms with Gasteiger partial charge in [0, 0.05) is 29.1 Å². The van der Waals surface area contributed by atoms with Gasteiger partial charge >= 0.3 is 6.09 Å². The van der Waals surface area contributed by atoms with Crippen LogP contribution >= 0.6 is 0 Å². The Balaban J connectivity index is 1.69. The number of hydrogen-bond donors (Lipinski definition) is 4. The van der Waals surface area contributed by atoms with Crippen molar-refractivity contribution in [3.05, 3.63) is 72.3 Å². The van der Waals surface area contributed by atoms with E-state index in [1.807, 2.05) is 56.4 Å². The Morgan fingerprint density at radius 1 is 1.06 bits per heavy atom. The monoisotopic (exact) mass is 430 g/mol. The third-order valence-corrected chi connectivity index (χ3v) is 5.15. The molecular weight excluding hydrogens is 404 g/mol. The van der Waals surface area contributed by atoms with Gasteiger partial charge in [0.2, 0.25) is 0 Å². The number of aliphatic hydroxyl groups excluding tert-OH is 1. The second kappa shape index (κ2) is 9.53. The van der Waals surface area contributed by atoms with E-state index in [0.717, 1.165) is 39.6 Å². The molecule has 32 heavy (non-hydrogen) atoms. The number of hydrogen-bond acceptors (Lipinski definition) is 6. The van der Waals surface area contributed by atoms with Gasteiger partial charge in [0.1, 0.15) is 0 Å². The summed E-state index contributed by atoms with van der Waals surface area (Å²) in [5.41, 5.74) is 4.49. The number of nitrogens with one attached hydrogen (secondary N) is 3. The minimum Gasteiger partial charge on any atom is -0.449 e. The Kier molecular flexibility index (Phi) is 6.37. The summed E-state index contributed by atoms with van der Waals surface area (Å²) < 4.78 is 5.07. The molecule has 0 spiro atoms. The average molecular weight is 431 g/mol. The summed E-state index contributed by atoms with van der Waals surface area (Å²) in [6.45, 7) is 2.29. The van der Waals surface area contributed by atoms with Crippen molar-refractivity contribution in [2.45, 2.75) is 19.6 Å². The second-order valence-corrected chi connectivity index (χ2v) is 7.39. The Morgan fingerprint density at radius 2 is 1.84 bits per heavy atom. The van der Waals surface area contributed by atoms with Crippen LogP contribution in [0.5, 0.6) is 0 Å². The molecule has 4 N–H and O–H groups in total. The number of benzene rings is 3. The highest BCUT2D eigenvalue weighted by Crippen LogP contribution is 2.35. The van der Waals surface area contributed by atoms with Crippen LogP contribution in [0.25, 0.3) is 21.8 Å². The third kappa shape index (κ3) is 4.43. The van der Waals surface area contributed by atoms with Crippen molar-refractivity contribution in [2.75, 3.05) is 29.6 Å².